The summed E-state index contributed by atoms with van der Waals surface area (Å²) in [5.41, 5.74) is 4.18. The first kappa shape index (κ1) is 19.3. The van der Waals surface area contributed by atoms with Crippen LogP contribution >= 0.6 is 0 Å². The molecule has 0 spiro atoms. The third-order valence-corrected chi connectivity index (χ3v) is 5.01. The number of rotatable bonds is 8. The number of aliphatic hydroxyl groups is 1. The second kappa shape index (κ2) is 8.98. The van der Waals surface area contributed by atoms with E-state index >= 15 is 0 Å². The SMILES string of the molecule is Cc1nc(C(C)CN(C)CCc2ccccc2)n(-c2ccccc2)c1CO. The lowest BCUT2D eigenvalue weighted by Crippen LogP contribution is -2.27. The third-order valence-electron chi connectivity index (χ3n) is 5.01. The highest BCUT2D eigenvalue weighted by Crippen LogP contribution is 2.24. The largest absolute Gasteiger partial charge is 0.390 e. The van der Waals surface area contributed by atoms with E-state index in [0.29, 0.717) is 0 Å². The first-order valence-electron chi connectivity index (χ1n) is 9.57. The molecule has 3 aromatic rings. The molecule has 0 aliphatic rings. The van der Waals surface area contributed by atoms with Crippen molar-refractivity contribution in [3.63, 3.8) is 0 Å². The van der Waals surface area contributed by atoms with Crippen LogP contribution in [0.15, 0.2) is 60.7 Å². The van der Waals surface area contributed by atoms with Crippen LogP contribution in [0.5, 0.6) is 0 Å². The Kier molecular flexibility index (Phi) is 6.43. The van der Waals surface area contributed by atoms with Gasteiger partial charge in [-0.1, -0.05) is 55.5 Å². The van der Waals surface area contributed by atoms with E-state index in [2.05, 4.69) is 65.9 Å². The normalized spacial score (nSPS) is 12.5. The topological polar surface area (TPSA) is 41.3 Å². The second-order valence-corrected chi connectivity index (χ2v) is 7.23. The van der Waals surface area contributed by atoms with Crippen LogP contribution < -0.4 is 0 Å². The lowest BCUT2D eigenvalue weighted by Gasteiger charge is -2.22. The van der Waals surface area contributed by atoms with Crippen molar-refractivity contribution in [2.45, 2.75) is 32.8 Å². The summed E-state index contributed by atoms with van der Waals surface area (Å²) in [5.74, 6) is 1.26. The van der Waals surface area contributed by atoms with Gasteiger partial charge in [-0.3, -0.25) is 4.57 Å². The molecule has 1 aromatic heterocycles. The highest BCUT2D eigenvalue weighted by Gasteiger charge is 2.21. The maximum atomic E-state index is 9.88. The summed E-state index contributed by atoms with van der Waals surface area (Å²) < 4.78 is 2.12. The van der Waals surface area contributed by atoms with Crippen LogP contribution in [0.3, 0.4) is 0 Å². The molecule has 1 atom stereocenters. The molecular weight excluding hydrogens is 334 g/mol. The molecule has 0 amide bonds. The summed E-state index contributed by atoms with van der Waals surface area (Å²) in [6.45, 7) is 6.10. The quantitative estimate of drug-likeness (QED) is 0.659. The zero-order chi connectivity index (χ0) is 19.2. The van der Waals surface area contributed by atoms with E-state index in [1.54, 1.807) is 0 Å². The van der Waals surface area contributed by atoms with E-state index in [4.69, 9.17) is 4.98 Å². The van der Waals surface area contributed by atoms with Crippen molar-refractivity contribution in [3.05, 3.63) is 83.4 Å². The summed E-state index contributed by atoms with van der Waals surface area (Å²) in [4.78, 5) is 7.16. The Balaban J connectivity index is 1.75. The Morgan fingerprint density at radius 2 is 1.67 bits per heavy atom. The molecular formula is C23H29N3O. The molecule has 0 saturated heterocycles. The molecule has 0 fully saturated rings. The van der Waals surface area contributed by atoms with Crippen LogP contribution in [0.25, 0.3) is 5.69 Å². The average Bonchev–Trinajstić information content (AvgIpc) is 3.04. The molecule has 27 heavy (non-hydrogen) atoms. The molecule has 1 unspecified atom stereocenters. The minimum atomic E-state index is -0.00963. The highest BCUT2D eigenvalue weighted by atomic mass is 16.3. The van der Waals surface area contributed by atoms with Crippen LogP contribution in [0.1, 0.15) is 35.6 Å². The van der Waals surface area contributed by atoms with Gasteiger partial charge in [0.2, 0.25) is 0 Å². The number of benzene rings is 2. The Hall–Kier alpha value is -2.43. The maximum absolute atomic E-state index is 9.88. The fourth-order valence-electron chi connectivity index (χ4n) is 3.57. The molecule has 4 nitrogen and oxygen atoms in total. The van der Waals surface area contributed by atoms with Crippen LogP contribution in [-0.4, -0.2) is 39.7 Å². The van der Waals surface area contributed by atoms with Gasteiger partial charge in [0.15, 0.2) is 0 Å². The lowest BCUT2D eigenvalue weighted by molar-refractivity contribution is 0.272. The van der Waals surface area contributed by atoms with Crippen molar-refractivity contribution in [2.24, 2.45) is 0 Å². The zero-order valence-corrected chi connectivity index (χ0v) is 16.5. The van der Waals surface area contributed by atoms with Crippen LogP contribution in [-0.2, 0) is 13.0 Å². The number of para-hydroxylation sites is 1. The van der Waals surface area contributed by atoms with E-state index in [0.717, 1.165) is 42.4 Å². The van der Waals surface area contributed by atoms with Gasteiger partial charge in [0, 0.05) is 24.7 Å². The number of likely N-dealkylation sites (N-methyl/N-ethyl adjacent to an activating group) is 1. The van der Waals surface area contributed by atoms with Crippen molar-refractivity contribution in [1.82, 2.24) is 14.5 Å². The maximum Gasteiger partial charge on any atom is 0.117 e. The van der Waals surface area contributed by atoms with Gasteiger partial charge in [-0.25, -0.2) is 4.98 Å². The summed E-state index contributed by atoms with van der Waals surface area (Å²) in [6.07, 6.45) is 1.04. The van der Waals surface area contributed by atoms with Gasteiger partial charge >= 0.3 is 0 Å². The number of aryl methyl sites for hydroxylation is 1. The molecule has 142 valence electrons. The molecule has 0 aliphatic heterocycles. The van der Waals surface area contributed by atoms with Crippen molar-refractivity contribution >= 4 is 0 Å². The average molecular weight is 364 g/mol. The molecule has 0 bridgehead atoms. The molecule has 0 saturated carbocycles. The predicted molar refractivity (Wildman–Crippen MR) is 110 cm³/mol. The Morgan fingerprint density at radius 3 is 2.30 bits per heavy atom. The van der Waals surface area contributed by atoms with E-state index < -0.39 is 0 Å². The van der Waals surface area contributed by atoms with E-state index in [-0.39, 0.29) is 12.5 Å². The Morgan fingerprint density at radius 1 is 1.04 bits per heavy atom. The number of hydrogen-bond acceptors (Lipinski definition) is 3. The second-order valence-electron chi connectivity index (χ2n) is 7.23. The lowest BCUT2D eigenvalue weighted by atomic mass is 10.1. The molecule has 0 radical (unpaired) electrons. The van der Waals surface area contributed by atoms with Crippen LogP contribution in [0.2, 0.25) is 0 Å². The van der Waals surface area contributed by atoms with Crippen molar-refractivity contribution in [3.8, 4) is 5.69 Å². The standard InChI is InChI=1S/C23H29N3O/c1-18(16-25(3)15-14-20-10-6-4-7-11-20)23-24-19(2)22(17-27)26(23)21-12-8-5-9-13-21/h4-13,18,27H,14-17H2,1-3H3. The number of nitrogens with zero attached hydrogens (tertiary/aromatic N) is 3. The molecule has 3 rings (SSSR count). The fourth-order valence-corrected chi connectivity index (χ4v) is 3.57. The molecule has 1 N–H and O–H groups in total. The van der Waals surface area contributed by atoms with E-state index in [9.17, 15) is 5.11 Å². The first-order valence-corrected chi connectivity index (χ1v) is 9.57. The summed E-state index contributed by atoms with van der Waals surface area (Å²) in [7, 11) is 2.16. The molecule has 4 heteroatoms. The third kappa shape index (κ3) is 4.65. The zero-order valence-electron chi connectivity index (χ0n) is 16.5. The summed E-state index contributed by atoms with van der Waals surface area (Å²) in [5, 5.41) is 9.88. The predicted octanol–water partition coefficient (Wildman–Crippen LogP) is 3.95. The number of imidazole rings is 1. The Labute approximate surface area is 162 Å². The summed E-state index contributed by atoms with van der Waals surface area (Å²) in [6, 6.07) is 20.8. The monoisotopic (exact) mass is 363 g/mol. The number of hydrogen-bond donors (Lipinski definition) is 1. The fraction of sp³-hybridized carbons (Fsp3) is 0.348. The van der Waals surface area contributed by atoms with E-state index in [1.807, 2.05) is 25.1 Å². The van der Waals surface area contributed by atoms with Gasteiger partial charge in [0.25, 0.3) is 0 Å². The van der Waals surface area contributed by atoms with Crippen LogP contribution in [0.4, 0.5) is 0 Å². The van der Waals surface area contributed by atoms with Gasteiger partial charge in [-0.2, -0.15) is 0 Å². The summed E-state index contributed by atoms with van der Waals surface area (Å²) >= 11 is 0. The van der Waals surface area contributed by atoms with E-state index in [1.165, 1.54) is 5.56 Å². The minimum Gasteiger partial charge on any atom is -0.390 e. The smallest absolute Gasteiger partial charge is 0.117 e. The van der Waals surface area contributed by atoms with Crippen molar-refractivity contribution in [2.75, 3.05) is 20.1 Å². The van der Waals surface area contributed by atoms with Crippen LogP contribution in [0, 0.1) is 6.92 Å². The van der Waals surface area contributed by atoms with Crippen molar-refractivity contribution < 1.29 is 5.11 Å². The van der Waals surface area contributed by atoms with Gasteiger partial charge in [0.05, 0.1) is 18.0 Å². The van der Waals surface area contributed by atoms with Gasteiger partial charge in [0.1, 0.15) is 5.82 Å². The molecule has 0 aliphatic carbocycles. The molecule has 1 heterocycles. The minimum absolute atomic E-state index is 0.00963. The van der Waals surface area contributed by atoms with Gasteiger partial charge in [-0.05, 0) is 38.1 Å². The van der Waals surface area contributed by atoms with Crippen molar-refractivity contribution in [1.29, 1.82) is 0 Å². The first-order chi connectivity index (χ1) is 13.1. The van der Waals surface area contributed by atoms with Gasteiger partial charge in [-0.15, -0.1) is 0 Å². The highest BCUT2D eigenvalue weighted by molar-refractivity contribution is 5.38. The Bertz CT molecular complexity index is 843. The number of aromatic nitrogens is 2. The number of aliphatic hydroxyl groups excluding tert-OH is 1. The van der Waals surface area contributed by atoms with Gasteiger partial charge < -0.3 is 10.0 Å². The molecule has 2 aromatic carbocycles.